The van der Waals surface area contributed by atoms with E-state index in [1.54, 1.807) is 38.1 Å². The number of cyclic esters (lactones) is 1. The van der Waals surface area contributed by atoms with Gasteiger partial charge in [0.05, 0.1) is 6.42 Å². The molecular weight excluding hydrogens is 574 g/mol. The lowest BCUT2D eigenvalue weighted by molar-refractivity contribution is -0.160. The van der Waals surface area contributed by atoms with E-state index in [0.29, 0.717) is 23.3 Å². The number of hydrogen-bond donors (Lipinski definition) is 3. The zero-order chi connectivity index (χ0) is 30.7. The van der Waals surface area contributed by atoms with E-state index < -0.39 is 27.3 Å². The first-order chi connectivity index (χ1) is 19.7. The summed E-state index contributed by atoms with van der Waals surface area (Å²) < 4.78 is 38.4. The fourth-order valence-corrected chi connectivity index (χ4v) is 6.95. The maximum atomic E-state index is 13.6. The number of aryl methyl sites for hydroxylation is 2. The van der Waals surface area contributed by atoms with E-state index >= 15 is 0 Å². The number of phenols is 1. The van der Waals surface area contributed by atoms with Crippen LogP contribution in [0.15, 0.2) is 82.3 Å². The highest BCUT2D eigenvalue weighted by Gasteiger charge is 2.44. The van der Waals surface area contributed by atoms with Gasteiger partial charge < -0.3 is 19.1 Å². The first kappa shape index (κ1) is 31.5. The second kappa shape index (κ2) is 12.4. The number of aliphatic hydroxyl groups excluding tert-OH is 1. The van der Waals surface area contributed by atoms with Crippen LogP contribution in [0.3, 0.4) is 0 Å². The topological polar surface area (TPSA) is 122 Å². The average molecular weight is 612 g/mol. The SMILES string of the molecule is CCNS(=O)(=O)Oc1cc(C(C)(C)C)c(SC2=C(O)CC(CCc3ccc(O)cc3)(c3ccccc3)OC2=O)cc1C. The van der Waals surface area contributed by atoms with Crippen LogP contribution < -0.4 is 8.91 Å². The molecule has 224 valence electrons. The Bertz CT molecular complexity index is 1580. The van der Waals surface area contributed by atoms with Gasteiger partial charge in [-0.05, 0) is 71.7 Å². The number of carbonyl (C=O) groups is 1. The molecule has 0 saturated carbocycles. The molecular formula is C32H37NO7S2. The van der Waals surface area contributed by atoms with Crippen molar-refractivity contribution in [3.05, 3.63) is 99.6 Å². The molecule has 0 saturated heterocycles. The summed E-state index contributed by atoms with van der Waals surface area (Å²) in [6.45, 7) is 9.50. The lowest BCUT2D eigenvalue weighted by Gasteiger charge is -2.38. The maximum absolute atomic E-state index is 13.6. The van der Waals surface area contributed by atoms with Gasteiger partial charge in [0, 0.05) is 11.4 Å². The van der Waals surface area contributed by atoms with E-state index in [4.69, 9.17) is 8.92 Å². The molecule has 1 heterocycles. The summed E-state index contributed by atoms with van der Waals surface area (Å²) in [7, 11) is -3.99. The fraction of sp³-hybridized carbons (Fsp3) is 0.344. The van der Waals surface area contributed by atoms with Gasteiger partial charge >= 0.3 is 16.3 Å². The molecule has 42 heavy (non-hydrogen) atoms. The minimum Gasteiger partial charge on any atom is -0.511 e. The van der Waals surface area contributed by atoms with Crippen LogP contribution in [0.2, 0.25) is 0 Å². The number of benzene rings is 3. The molecule has 0 aromatic heterocycles. The van der Waals surface area contributed by atoms with Crippen LogP contribution in [0, 0.1) is 6.92 Å². The largest absolute Gasteiger partial charge is 0.511 e. The van der Waals surface area contributed by atoms with Gasteiger partial charge in [-0.25, -0.2) is 4.79 Å². The number of hydrogen-bond acceptors (Lipinski definition) is 8. The minimum absolute atomic E-state index is 0.0710. The van der Waals surface area contributed by atoms with Crippen molar-refractivity contribution in [3.63, 3.8) is 0 Å². The van der Waals surface area contributed by atoms with Gasteiger partial charge in [0.25, 0.3) is 0 Å². The number of thioether (sulfide) groups is 1. The maximum Gasteiger partial charge on any atom is 0.382 e. The third-order valence-corrected chi connectivity index (χ3v) is 9.27. The lowest BCUT2D eigenvalue weighted by Crippen LogP contribution is -2.38. The number of phenolic OH excluding ortho intramolecular Hbond substituents is 1. The number of aliphatic hydroxyl groups is 1. The molecule has 0 fully saturated rings. The number of nitrogens with one attached hydrogen (secondary N) is 1. The van der Waals surface area contributed by atoms with Crippen molar-refractivity contribution in [2.45, 2.75) is 69.8 Å². The molecule has 0 radical (unpaired) electrons. The van der Waals surface area contributed by atoms with E-state index in [1.807, 2.05) is 63.2 Å². The Kier molecular flexibility index (Phi) is 9.30. The van der Waals surface area contributed by atoms with Crippen molar-refractivity contribution in [3.8, 4) is 11.5 Å². The monoisotopic (exact) mass is 611 g/mol. The Morgan fingerprint density at radius 3 is 2.31 bits per heavy atom. The van der Waals surface area contributed by atoms with Crippen LogP contribution in [-0.4, -0.2) is 31.1 Å². The van der Waals surface area contributed by atoms with Gasteiger partial charge in [0.2, 0.25) is 0 Å². The molecule has 3 aromatic rings. The van der Waals surface area contributed by atoms with Crippen molar-refractivity contribution in [1.29, 1.82) is 0 Å². The predicted molar refractivity (Wildman–Crippen MR) is 164 cm³/mol. The predicted octanol–water partition coefficient (Wildman–Crippen LogP) is 6.57. The molecule has 8 nitrogen and oxygen atoms in total. The van der Waals surface area contributed by atoms with Crippen molar-refractivity contribution < 1.29 is 32.3 Å². The molecule has 3 N–H and O–H groups in total. The Balaban J connectivity index is 1.69. The highest BCUT2D eigenvalue weighted by atomic mass is 32.2. The molecule has 0 amide bonds. The standard InChI is InChI=1S/C32H37NO7S2/c1-6-33-42(37,38)40-27-19-25(31(3,4)5)28(18-21(27)2)41-29-26(35)20-32(39-30(29)36,23-10-8-7-9-11-23)17-16-22-12-14-24(34)15-13-22/h7-15,18-19,33-35H,6,16-17,20H2,1-5H3. The number of ether oxygens (including phenoxy) is 1. The van der Waals surface area contributed by atoms with Crippen LogP contribution in [-0.2, 0) is 37.3 Å². The first-order valence-corrected chi connectivity index (χ1v) is 16.0. The summed E-state index contributed by atoms with van der Waals surface area (Å²) in [6, 6.07) is 19.7. The zero-order valence-electron chi connectivity index (χ0n) is 24.4. The summed E-state index contributed by atoms with van der Waals surface area (Å²) in [5.74, 6) is -0.345. The average Bonchev–Trinajstić information content (AvgIpc) is 2.91. The van der Waals surface area contributed by atoms with Crippen LogP contribution in [0.1, 0.15) is 62.8 Å². The summed E-state index contributed by atoms with van der Waals surface area (Å²) >= 11 is 1.10. The van der Waals surface area contributed by atoms with Gasteiger partial charge in [-0.3, -0.25) is 0 Å². The van der Waals surface area contributed by atoms with Crippen LogP contribution in [0.25, 0.3) is 0 Å². The minimum atomic E-state index is -3.99. The highest BCUT2D eigenvalue weighted by Crippen LogP contribution is 2.47. The highest BCUT2D eigenvalue weighted by molar-refractivity contribution is 8.04. The van der Waals surface area contributed by atoms with E-state index in [0.717, 1.165) is 28.5 Å². The Labute approximate surface area is 252 Å². The molecule has 0 aliphatic carbocycles. The zero-order valence-corrected chi connectivity index (χ0v) is 26.1. The molecule has 10 heteroatoms. The summed E-state index contributed by atoms with van der Waals surface area (Å²) in [5.41, 5.74) is 1.53. The lowest BCUT2D eigenvalue weighted by atomic mass is 9.82. The molecule has 0 bridgehead atoms. The quantitative estimate of drug-likeness (QED) is 0.220. The molecule has 1 atom stereocenters. The van der Waals surface area contributed by atoms with Crippen LogP contribution in [0.4, 0.5) is 0 Å². The number of carbonyl (C=O) groups excluding carboxylic acids is 1. The number of rotatable bonds is 10. The van der Waals surface area contributed by atoms with Crippen molar-refractivity contribution >= 4 is 28.0 Å². The van der Waals surface area contributed by atoms with Crippen molar-refractivity contribution in [2.75, 3.05) is 6.54 Å². The molecule has 1 unspecified atom stereocenters. The molecule has 1 aliphatic heterocycles. The van der Waals surface area contributed by atoms with E-state index in [9.17, 15) is 23.4 Å². The summed E-state index contributed by atoms with van der Waals surface area (Å²) in [4.78, 5) is 14.4. The van der Waals surface area contributed by atoms with Crippen molar-refractivity contribution in [2.24, 2.45) is 0 Å². The second-order valence-electron chi connectivity index (χ2n) is 11.4. The Morgan fingerprint density at radius 2 is 1.71 bits per heavy atom. The molecule has 1 aliphatic rings. The van der Waals surface area contributed by atoms with E-state index in [2.05, 4.69) is 4.72 Å². The number of esters is 1. The van der Waals surface area contributed by atoms with Gasteiger partial charge in [0.1, 0.15) is 27.8 Å². The molecule has 3 aromatic carbocycles. The second-order valence-corrected chi connectivity index (χ2v) is 13.8. The first-order valence-electron chi connectivity index (χ1n) is 13.7. The number of aromatic hydroxyl groups is 1. The fourth-order valence-electron chi connectivity index (χ4n) is 4.88. The molecule has 0 spiro atoms. The van der Waals surface area contributed by atoms with Crippen LogP contribution in [0.5, 0.6) is 11.5 Å². The smallest absolute Gasteiger partial charge is 0.382 e. The van der Waals surface area contributed by atoms with Gasteiger partial charge in [-0.15, -0.1) is 0 Å². The van der Waals surface area contributed by atoms with Crippen molar-refractivity contribution in [1.82, 2.24) is 4.72 Å². The summed E-state index contributed by atoms with van der Waals surface area (Å²) in [5, 5.41) is 21.0. The third kappa shape index (κ3) is 7.29. The third-order valence-electron chi connectivity index (χ3n) is 7.06. The Hall–Kier alpha value is -3.47. The van der Waals surface area contributed by atoms with Gasteiger partial charge in [-0.1, -0.05) is 81.9 Å². The molecule has 4 rings (SSSR count). The Morgan fingerprint density at radius 1 is 1.05 bits per heavy atom. The van der Waals surface area contributed by atoms with E-state index in [1.165, 1.54) is 0 Å². The van der Waals surface area contributed by atoms with Gasteiger partial charge in [0.15, 0.2) is 0 Å². The van der Waals surface area contributed by atoms with E-state index in [-0.39, 0.29) is 35.1 Å². The van der Waals surface area contributed by atoms with Gasteiger partial charge in [-0.2, -0.15) is 13.1 Å². The normalized spacial score (nSPS) is 17.7. The van der Waals surface area contributed by atoms with Crippen LogP contribution >= 0.6 is 11.8 Å². The summed E-state index contributed by atoms with van der Waals surface area (Å²) in [6.07, 6.45) is 1.08.